The van der Waals surface area contributed by atoms with Crippen LogP contribution in [-0.4, -0.2) is 12.1 Å². The fourth-order valence-corrected chi connectivity index (χ4v) is 3.18. The molecule has 0 N–H and O–H groups in total. The zero-order valence-corrected chi connectivity index (χ0v) is 9.38. The average Bonchev–Trinajstić information content (AvgIpc) is 2.90. The Morgan fingerprint density at radius 3 is 2.00 bits per heavy atom. The van der Waals surface area contributed by atoms with Crippen molar-refractivity contribution < 1.29 is 9.59 Å². The zero-order chi connectivity index (χ0) is 10.7. The first-order valence-corrected chi connectivity index (χ1v) is 6.14. The van der Waals surface area contributed by atoms with Gasteiger partial charge in [-0.15, -0.1) is 22.7 Å². The van der Waals surface area contributed by atoms with Gasteiger partial charge >= 0.3 is 0 Å². The van der Waals surface area contributed by atoms with Gasteiger partial charge in [0, 0.05) is 9.75 Å². The molecule has 0 bridgehead atoms. The van der Waals surface area contributed by atoms with Crippen molar-refractivity contribution in [3.05, 3.63) is 44.8 Å². The number of aldehydes is 1. The summed E-state index contributed by atoms with van der Waals surface area (Å²) >= 11 is 3.00. The molecule has 2 nitrogen and oxygen atoms in total. The molecule has 2 heterocycles. The number of carbonyl (C=O) groups is 2. The normalized spacial score (nSPS) is 10.5. The molecule has 0 aliphatic heterocycles. The fraction of sp³-hybridized carbons (Fsp3) is 0.0909. The Morgan fingerprint density at radius 2 is 1.67 bits per heavy atom. The van der Waals surface area contributed by atoms with E-state index in [-0.39, 0.29) is 5.78 Å². The molecular weight excluding hydrogens is 228 g/mol. The second kappa shape index (κ2) is 4.51. The quantitative estimate of drug-likeness (QED) is 0.604. The Hall–Kier alpha value is -1.26. The van der Waals surface area contributed by atoms with E-state index in [0.29, 0.717) is 6.29 Å². The highest BCUT2D eigenvalue weighted by molar-refractivity contribution is 7.12. The molecule has 2 rings (SSSR count). The molecule has 0 amide bonds. The predicted molar refractivity (Wildman–Crippen MR) is 61.6 cm³/mol. The second-order valence-electron chi connectivity index (χ2n) is 2.98. The first-order valence-electron chi connectivity index (χ1n) is 4.38. The van der Waals surface area contributed by atoms with Crippen LogP contribution >= 0.6 is 22.7 Å². The monoisotopic (exact) mass is 236 g/mol. The molecule has 0 spiro atoms. The van der Waals surface area contributed by atoms with Gasteiger partial charge in [0.25, 0.3) is 0 Å². The van der Waals surface area contributed by atoms with Gasteiger partial charge in [-0.1, -0.05) is 12.1 Å². The molecular formula is C11H8O2S2. The summed E-state index contributed by atoms with van der Waals surface area (Å²) in [6, 6.07) is 7.55. The number of hydrogen-bond donors (Lipinski definition) is 0. The highest BCUT2D eigenvalue weighted by Crippen LogP contribution is 2.31. The molecule has 76 valence electrons. The van der Waals surface area contributed by atoms with Crippen LogP contribution in [-0.2, 0) is 9.59 Å². The van der Waals surface area contributed by atoms with Crippen molar-refractivity contribution >= 4 is 34.7 Å². The molecule has 0 aliphatic carbocycles. The van der Waals surface area contributed by atoms with E-state index in [9.17, 15) is 9.59 Å². The molecule has 0 aromatic carbocycles. The Labute approximate surface area is 95.2 Å². The summed E-state index contributed by atoms with van der Waals surface area (Å²) in [6.07, 6.45) is 0.407. The molecule has 0 fully saturated rings. The van der Waals surface area contributed by atoms with Crippen LogP contribution in [0.4, 0.5) is 0 Å². The summed E-state index contributed by atoms with van der Waals surface area (Å²) in [7, 11) is 0. The number of ketones is 1. The molecule has 2 aromatic heterocycles. The van der Waals surface area contributed by atoms with Crippen LogP contribution < -0.4 is 0 Å². The van der Waals surface area contributed by atoms with Crippen LogP contribution in [0.5, 0.6) is 0 Å². The third-order valence-corrected chi connectivity index (χ3v) is 3.93. The topological polar surface area (TPSA) is 34.1 Å². The average molecular weight is 236 g/mol. The van der Waals surface area contributed by atoms with Gasteiger partial charge in [-0.2, -0.15) is 0 Å². The molecule has 15 heavy (non-hydrogen) atoms. The summed E-state index contributed by atoms with van der Waals surface area (Å²) in [5.41, 5.74) is 0. The van der Waals surface area contributed by atoms with E-state index in [0.717, 1.165) is 9.75 Å². The molecule has 2 aromatic rings. The maximum Gasteiger partial charge on any atom is 0.208 e. The summed E-state index contributed by atoms with van der Waals surface area (Å²) in [5.74, 6) is -0.776. The lowest BCUT2D eigenvalue weighted by atomic mass is 10.0. The number of rotatable bonds is 4. The lowest BCUT2D eigenvalue weighted by Gasteiger charge is -2.07. The van der Waals surface area contributed by atoms with Gasteiger partial charge in [0.05, 0.1) is 5.92 Å². The SMILES string of the molecule is O=CC(=O)C(c1cccs1)c1cccs1. The summed E-state index contributed by atoms with van der Waals surface area (Å²) in [5, 5.41) is 3.82. The van der Waals surface area contributed by atoms with E-state index >= 15 is 0 Å². The highest BCUT2D eigenvalue weighted by Gasteiger charge is 2.23. The molecule has 0 saturated heterocycles. The first-order chi connectivity index (χ1) is 7.33. The van der Waals surface area contributed by atoms with Crippen molar-refractivity contribution in [3.8, 4) is 0 Å². The van der Waals surface area contributed by atoms with Crippen LogP contribution in [0.25, 0.3) is 0 Å². The minimum Gasteiger partial charge on any atom is -0.295 e. The maximum atomic E-state index is 11.6. The number of hydrogen-bond acceptors (Lipinski definition) is 4. The van der Waals surface area contributed by atoms with Crippen molar-refractivity contribution in [2.24, 2.45) is 0 Å². The van der Waals surface area contributed by atoms with E-state index in [1.165, 1.54) is 22.7 Å². The smallest absolute Gasteiger partial charge is 0.208 e. The second-order valence-corrected chi connectivity index (χ2v) is 4.94. The Kier molecular flexibility index (Phi) is 3.08. The minimum absolute atomic E-state index is 0.375. The molecule has 0 aliphatic rings. The van der Waals surface area contributed by atoms with E-state index in [1.807, 2.05) is 35.0 Å². The maximum absolute atomic E-state index is 11.6. The molecule has 4 heteroatoms. The third kappa shape index (κ3) is 2.06. The van der Waals surface area contributed by atoms with Gasteiger partial charge in [-0.25, -0.2) is 0 Å². The lowest BCUT2D eigenvalue weighted by Crippen LogP contribution is -2.12. The van der Waals surface area contributed by atoms with Gasteiger partial charge in [-0.05, 0) is 22.9 Å². The van der Waals surface area contributed by atoms with Crippen molar-refractivity contribution in [3.63, 3.8) is 0 Å². The Morgan fingerprint density at radius 1 is 1.13 bits per heavy atom. The van der Waals surface area contributed by atoms with Crippen LogP contribution in [0, 0.1) is 0 Å². The number of carbonyl (C=O) groups excluding carboxylic acids is 2. The van der Waals surface area contributed by atoms with Gasteiger partial charge in [0.15, 0.2) is 6.29 Å². The number of Topliss-reactive ketones (excluding diaryl/α,β-unsaturated/α-hetero) is 1. The molecule has 0 saturated carbocycles. The molecule has 0 atom stereocenters. The van der Waals surface area contributed by atoms with Crippen molar-refractivity contribution in [2.45, 2.75) is 5.92 Å². The zero-order valence-electron chi connectivity index (χ0n) is 7.75. The van der Waals surface area contributed by atoms with E-state index in [2.05, 4.69) is 0 Å². The lowest BCUT2D eigenvalue weighted by molar-refractivity contribution is -0.130. The van der Waals surface area contributed by atoms with Gasteiger partial charge in [-0.3, -0.25) is 9.59 Å². The van der Waals surface area contributed by atoms with Gasteiger partial charge < -0.3 is 0 Å². The fourth-order valence-electron chi connectivity index (χ4n) is 1.40. The van der Waals surface area contributed by atoms with Crippen molar-refractivity contribution in [2.75, 3.05) is 0 Å². The minimum atomic E-state index is -0.400. The number of thiophene rings is 2. The predicted octanol–water partition coefficient (Wildman–Crippen LogP) is 2.71. The molecule has 0 radical (unpaired) electrons. The largest absolute Gasteiger partial charge is 0.295 e. The van der Waals surface area contributed by atoms with Gasteiger partial charge in [0.1, 0.15) is 0 Å². The van der Waals surface area contributed by atoms with Crippen LogP contribution in [0.15, 0.2) is 35.0 Å². The van der Waals surface area contributed by atoms with E-state index in [4.69, 9.17) is 0 Å². The summed E-state index contributed by atoms with van der Waals surface area (Å²) in [4.78, 5) is 24.0. The third-order valence-electron chi connectivity index (χ3n) is 2.06. The van der Waals surface area contributed by atoms with Crippen LogP contribution in [0.1, 0.15) is 15.7 Å². The van der Waals surface area contributed by atoms with E-state index < -0.39 is 5.92 Å². The summed E-state index contributed by atoms with van der Waals surface area (Å²) in [6.45, 7) is 0. The standard InChI is InChI=1S/C11H8O2S2/c12-7-8(13)11(9-3-1-5-14-9)10-4-2-6-15-10/h1-7,11H. The summed E-state index contributed by atoms with van der Waals surface area (Å²) < 4.78 is 0. The highest BCUT2D eigenvalue weighted by atomic mass is 32.1. The Bertz CT molecular complexity index is 409. The van der Waals surface area contributed by atoms with Crippen molar-refractivity contribution in [1.82, 2.24) is 0 Å². The van der Waals surface area contributed by atoms with Crippen LogP contribution in [0.3, 0.4) is 0 Å². The van der Waals surface area contributed by atoms with Crippen molar-refractivity contribution in [1.29, 1.82) is 0 Å². The Balaban J connectivity index is 2.41. The van der Waals surface area contributed by atoms with Gasteiger partial charge in [0.2, 0.25) is 5.78 Å². The first kappa shape index (κ1) is 10.3. The van der Waals surface area contributed by atoms with Crippen LogP contribution in [0.2, 0.25) is 0 Å². The molecule has 0 unspecified atom stereocenters. The van der Waals surface area contributed by atoms with E-state index in [1.54, 1.807) is 0 Å².